The van der Waals surface area contributed by atoms with Gasteiger partial charge in [-0.3, -0.25) is 0 Å². The van der Waals surface area contributed by atoms with Crippen LogP contribution in [0.5, 0.6) is 5.75 Å². The highest BCUT2D eigenvalue weighted by molar-refractivity contribution is 5.59. The average molecular weight is 235 g/mol. The zero-order valence-corrected chi connectivity index (χ0v) is 10.9. The number of nitrogens with zero attached hydrogens (tertiary/aromatic N) is 1. The van der Waals surface area contributed by atoms with Crippen LogP contribution in [-0.2, 0) is 5.60 Å². The third-order valence-corrected chi connectivity index (χ3v) is 3.31. The zero-order valence-electron chi connectivity index (χ0n) is 10.9. The van der Waals surface area contributed by atoms with E-state index in [9.17, 15) is 5.11 Å². The van der Waals surface area contributed by atoms with E-state index in [2.05, 4.69) is 11.0 Å². The lowest BCUT2D eigenvalue weighted by molar-refractivity contribution is 0.0788. The first-order chi connectivity index (χ1) is 8.02. The van der Waals surface area contributed by atoms with Crippen LogP contribution >= 0.6 is 0 Å². The number of hydrogen-bond donors (Lipinski definition) is 1. The van der Waals surface area contributed by atoms with Crippen LogP contribution in [0.1, 0.15) is 32.3 Å². The number of aliphatic hydroxyl groups is 1. The van der Waals surface area contributed by atoms with Crippen molar-refractivity contribution in [2.45, 2.75) is 32.3 Å². The summed E-state index contributed by atoms with van der Waals surface area (Å²) >= 11 is 0. The fourth-order valence-corrected chi connectivity index (χ4v) is 2.37. The molecule has 1 N–H and O–H groups in total. The molecule has 1 saturated heterocycles. The Kier molecular flexibility index (Phi) is 3.29. The van der Waals surface area contributed by atoms with Gasteiger partial charge in [-0.25, -0.2) is 0 Å². The molecule has 0 bridgehead atoms. The van der Waals surface area contributed by atoms with E-state index in [4.69, 9.17) is 4.74 Å². The van der Waals surface area contributed by atoms with Crippen LogP contribution in [0.3, 0.4) is 0 Å². The van der Waals surface area contributed by atoms with Crippen molar-refractivity contribution in [2.75, 3.05) is 25.1 Å². The molecular formula is C14H21NO2. The smallest absolute Gasteiger partial charge is 0.119 e. The van der Waals surface area contributed by atoms with Gasteiger partial charge in [0.25, 0.3) is 0 Å². The first-order valence-corrected chi connectivity index (χ1v) is 6.18. The number of hydrogen-bond acceptors (Lipinski definition) is 3. The van der Waals surface area contributed by atoms with E-state index in [1.54, 1.807) is 7.11 Å². The molecule has 0 aromatic heterocycles. The van der Waals surface area contributed by atoms with Gasteiger partial charge in [0.15, 0.2) is 0 Å². The SMILES string of the molecule is COc1ccc(N2CCCC2)c(C(C)(C)O)c1. The minimum absolute atomic E-state index is 0.796. The minimum Gasteiger partial charge on any atom is -0.497 e. The Labute approximate surface area is 103 Å². The lowest BCUT2D eigenvalue weighted by Crippen LogP contribution is -2.25. The third-order valence-electron chi connectivity index (χ3n) is 3.31. The number of methoxy groups -OCH3 is 1. The molecular weight excluding hydrogens is 214 g/mol. The summed E-state index contributed by atoms with van der Waals surface area (Å²) in [6.07, 6.45) is 2.47. The Morgan fingerprint density at radius 2 is 1.88 bits per heavy atom. The molecule has 0 radical (unpaired) electrons. The Morgan fingerprint density at radius 1 is 1.24 bits per heavy atom. The van der Waals surface area contributed by atoms with Crippen molar-refractivity contribution < 1.29 is 9.84 Å². The van der Waals surface area contributed by atoms with E-state index in [1.165, 1.54) is 12.8 Å². The summed E-state index contributed by atoms with van der Waals surface area (Å²) in [6, 6.07) is 5.95. The maximum absolute atomic E-state index is 10.3. The van der Waals surface area contributed by atoms with Crippen LogP contribution in [0, 0.1) is 0 Å². The number of benzene rings is 1. The second-order valence-corrected chi connectivity index (χ2v) is 5.14. The molecule has 1 aliphatic heterocycles. The predicted octanol–water partition coefficient (Wildman–Crippen LogP) is 2.52. The average Bonchev–Trinajstić information content (AvgIpc) is 2.80. The fourth-order valence-electron chi connectivity index (χ4n) is 2.37. The highest BCUT2D eigenvalue weighted by atomic mass is 16.5. The summed E-state index contributed by atoms with van der Waals surface area (Å²) in [5.41, 5.74) is 1.24. The van der Waals surface area contributed by atoms with Crippen LogP contribution < -0.4 is 9.64 Å². The molecule has 0 spiro atoms. The lowest BCUT2D eigenvalue weighted by atomic mass is 9.95. The van der Waals surface area contributed by atoms with E-state index in [0.29, 0.717) is 0 Å². The molecule has 94 valence electrons. The van der Waals surface area contributed by atoms with Gasteiger partial charge in [0.2, 0.25) is 0 Å². The second-order valence-electron chi connectivity index (χ2n) is 5.14. The summed E-state index contributed by atoms with van der Waals surface area (Å²) in [7, 11) is 1.65. The van der Waals surface area contributed by atoms with Gasteiger partial charge in [-0.15, -0.1) is 0 Å². The van der Waals surface area contributed by atoms with Gasteiger partial charge >= 0.3 is 0 Å². The molecule has 2 rings (SSSR count). The van der Waals surface area contributed by atoms with E-state index in [0.717, 1.165) is 30.1 Å². The van der Waals surface area contributed by atoms with E-state index < -0.39 is 5.60 Å². The molecule has 1 aliphatic rings. The van der Waals surface area contributed by atoms with Crippen LogP contribution in [0.25, 0.3) is 0 Å². The number of rotatable bonds is 3. The highest BCUT2D eigenvalue weighted by Gasteiger charge is 2.25. The van der Waals surface area contributed by atoms with Gasteiger partial charge in [0, 0.05) is 24.3 Å². The summed E-state index contributed by atoms with van der Waals surface area (Å²) in [4.78, 5) is 2.34. The third kappa shape index (κ3) is 2.55. The van der Waals surface area contributed by atoms with Crippen molar-refractivity contribution in [3.05, 3.63) is 23.8 Å². The maximum Gasteiger partial charge on any atom is 0.119 e. The Morgan fingerprint density at radius 3 is 2.41 bits per heavy atom. The normalized spacial score (nSPS) is 16.4. The van der Waals surface area contributed by atoms with E-state index in [1.807, 2.05) is 26.0 Å². The molecule has 3 heteroatoms. The van der Waals surface area contributed by atoms with E-state index >= 15 is 0 Å². The largest absolute Gasteiger partial charge is 0.497 e. The van der Waals surface area contributed by atoms with Crippen LogP contribution in [0.15, 0.2) is 18.2 Å². The molecule has 1 heterocycles. The molecule has 3 nitrogen and oxygen atoms in total. The van der Waals surface area contributed by atoms with Crippen LogP contribution in [0.4, 0.5) is 5.69 Å². The Hall–Kier alpha value is -1.22. The van der Waals surface area contributed by atoms with Crippen molar-refractivity contribution in [2.24, 2.45) is 0 Å². The van der Waals surface area contributed by atoms with Gasteiger partial charge in [-0.1, -0.05) is 0 Å². The zero-order chi connectivity index (χ0) is 12.5. The molecule has 1 aromatic carbocycles. The standard InChI is InChI=1S/C14H21NO2/c1-14(2,16)12-10-11(17-3)6-7-13(12)15-8-4-5-9-15/h6-7,10,16H,4-5,8-9H2,1-3H3. The first kappa shape index (κ1) is 12.2. The molecule has 0 atom stereocenters. The first-order valence-electron chi connectivity index (χ1n) is 6.18. The molecule has 1 aromatic rings. The number of ether oxygens (including phenoxy) is 1. The Balaban J connectivity index is 2.42. The maximum atomic E-state index is 10.3. The fraction of sp³-hybridized carbons (Fsp3) is 0.571. The summed E-state index contributed by atoms with van der Waals surface area (Å²) in [5.74, 6) is 0.796. The molecule has 0 saturated carbocycles. The summed E-state index contributed by atoms with van der Waals surface area (Å²) < 4.78 is 5.24. The Bertz CT molecular complexity index is 390. The van der Waals surface area contributed by atoms with Gasteiger partial charge < -0.3 is 14.7 Å². The topological polar surface area (TPSA) is 32.7 Å². The molecule has 17 heavy (non-hydrogen) atoms. The van der Waals surface area contributed by atoms with Gasteiger partial charge in [-0.05, 0) is 44.9 Å². The highest BCUT2D eigenvalue weighted by Crippen LogP contribution is 2.35. The van der Waals surface area contributed by atoms with Gasteiger partial charge in [-0.2, -0.15) is 0 Å². The van der Waals surface area contributed by atoms with Crippen molar-refractivity contribution >= 4 is 5.69 Å². The molecule has 0 amide bonds. The summed E-state index contributed by atoms with van der Waals surface area (Å²) in [6.45, 7) is 5.80. The summed E-state index contributed by atoms with van der Waals surface area (Å²) in [5, 5.41) is 10.3. The van der Waals surface area contributed by atoms with Crippen molar-refractivity contribution in [1.29, 1.82) is 0 Å². The van der Waals surface area contributed by atoms with E-state index in [-0.39, 0.29) is 0 Å². The van der Waals surface area contributed by atoms with Gasteiger partial charge in [0.05, 0.1) is 12.7 Å². The van der Waals surface area contributed by atoms with Crippen LogP contribution in [-0.4, -0.2) is 25.3 Å². The van der Waals surface area contributed by atoms with Gasteiger partial charge in [0.1, 0.15) is 5.75 Å². The number of anilines is 1. The van der Waals surface area contributed by atoms with Crippen LogP contribution in [0.2, 0.25) is 0 Å². The lowest BCUT2D eigenvalue weighted by Gasteiger charge is -2.28. The predicted molar refractivity (Wildman–Crippen MR) is 69.7 cm³/mol. The molecule has 1 fully saturated rings. The minimum atomic E-state index is -0.841. The molecule has 0 unspecified atom stereocenters. The monoisotopic (exact) mass is 235 g/mol. The van der Waals surface area contributed by atoms with Crippen molar-refractivity contribution in [3.63, 3.8) is 0 Å². The quantitative estimate of drug-likeness (QED) is 0.874. The van der Waals surface area contributed by atoms with Crippen molar-refractivity contribution in [1.82, 2.24) is 0 Å². The van der Waals surface area contributed by atoms with Crippen molar-refractivity contribution in [3.8, 4) is 5.75 Å². The molecule has 0 aliphatic carbocycles. The second kappa shape index (κ2) is 4.57.